The van der Waals surface area contributed by atoms with E-state index < -0.39 is 23.5 Å². The van der Waals surface area contributed by atoms with Gasteiger partial charge in [-0.15, -0.1) is 0 Å². The van der Waals surface area contributed by atoms with Crippen LogP contribution in [0.1, 0.15) is 19.4 Å². The van der Waals surface area contributed by atoms with Gasteiger partial charge in [-0.05, 0) is 19.9 Å². The number of benzene rings is 1. The van der Waals surface area contributed by atoms with E-state index in [1.165, 1.54) is 12.1 Å². The zero-order valence-corrected chi connectivity index (χ0v) is 15.2. The van der Waals surface area contributed by atoms with E-state index >= 15 is 0 Å². The first-order valence-electron chi connectivity index (χ1n) is 6.47. The topological polar surface area (TPSA) is 61.8 Å². The minimum Gasteiger partial charge on any atom is -0.426 e. The van der Waals surface area contributed by atoms with Crippen LogP contribution in [0.5, 0.6) is 5.75 Å². The molecule has 124 valence electrons. The first-order valence-corrected chi connectivity index (χ1v) is 9.33. The van der Waals surface area contributed by atoms with Gasteiger partial charge >= 0.3 is 13.6 Å². The van der Waals surface area contributed by atoms with E-state index in [-0.39, 0.29) is 24.5 Å². The Kier molecular flexibility index (Phi) is 7.66. The second kappa shape index (κ2) is 8.53. The van der Waals surface area contributed by atoms with Crippen LogP contribution in [-0.4, -0.2) is 25.3 Å². The largest absolute Gasteiger partial charge is 0.426 e. The van der Waals surface area contributed by atoms with E-state index in [2.05, 4.69) is 0 Å². The Labute approximate surface area is 144 Å². The number of para-hydroxylation sites is 1. The lowest BCUT2D eigenvalue weighted by molar-refractivity contribution is -0.131. The average Bonchev–Trinajstić information content (AvgIpc) is 2.37. The zero-order valence-electron chi connectivity index (χ0n) is 12.1. The van der Waals surface area contributed by atoms with Gasteiger partial charge < -0.3 is 13.8 Å². The first kappa shape index (κ1) is 19.8. The molecule has 1 aromatic rings. The number of alkyl halides is 3. The number of carbonyl (C=O) groups excluding carboxylic acids is 1. The smallest absolute Gasteiger partial charge is 0.341 e. The van der Waals surface area contributed by atoms with Crippen molar-refractivity contribution in [2.45, 2.75) is 17.6 Å². The van der Waals surface area contributed by atoms with E-state index in [4.69, 9.17) is 48.6 Å². The summed E-state index contributed by atoms with van der Waals surface area (Å²) >= 11 is 17.4. The molecule has 9 heteroatoms. The Morgan fingerprint density at radius 2 is 1.68 bits per heavy atom. The van der Waals surface area contributed by atoms with Crippen molar-refractivity contribution in [1.29, 1.82) is 0 Å². The van der Waals surface area contributed by atoms with Gasteiger partial charge in [0.1, 0.15) is 11.9 Å². The monoisotopic (exact) mass is 388 g/mol. The van der Waals surface area contributed by atoms with Crippen LogP contribution in [0.25, 0.3) is 0 Å². The van der Waals surface area contributed by atoms with Crippen molar-refractivity contribution in [1.82, 2.24) is 0 Å². The highest BCUT2D eigenvalue weighted by atomic mass is 35.6. The highest BCUT2D eigenvalue weighted by Crippen LogP contribution is 2.48. The standard InChI is InChI=1S/C13H16Cl3O5P/c1-3-19-22(18,20-4-2)9-12(17)21-11-8-6-5-7-10(11)13(14,15)16/h5-8H,3-4,9H2,1-2H3. The van der Waals surface area contributed by atoms with Gasteiger partial charge in [0.2, 0.25) is 3.79 Å². The quantitative estimate of drug-likeness (QED) is 0.293. The molecule has 0 aliphatic rings. The Bertz CT molecular complexity index is 549. The summed E-state index contributed by atoms with van der Waals surface area (Å²) in [6, 6.07) is 6.24. The number of rotatable bonds is 7. The second-order valence-electron chi connectivity index (χ2n) is 4.07. The molecule has 0 aromatic heterocycles. The van der Waals surface area contributed by atoms with E-state index in [0.717, 1.165) is 0 Å². The molecule has 0 amide bonds. The summed E-state index contributed by atoms with van der Waals surface area (Å²) in [7, 11) is -3.54. The van der Waals surface area contributed by atoms with Crippen LogP contribution in [0.2, 0.25) is 0 Å². The van der Waals surface area contributed by atoms with Crippen molar-refractivity contribution in [3.63, 3.8) is 0 Å². The third kappa shape index (κ3) is 6.07. The number of esters is 1. The average molecular weight is 390 g/mol. The lowest BCUT2D eigenvalue weighted by atomic mass is 10.2. The summed E-state index contributed by atoms with van der Waals surface area (Å²) in [6.45, 7) is 3.59. The molecule has 5 nitrogen and oxygen atoms in total. The van der Waals surface area contributed by atoms with Gasteiger partial charge in [0.05, 0.1) is 13.2 Å². The minimum atomic E-state index is -3.54. The van der Waals surface area contributed by atoms with E-state index in [1.807, 2.05) is 0 Å². The first-order chi connectivity index (χ1) is 10.2. The second-order valence-corrected chi connectivity index (χ2v) is 8.41. The van der Waals surface area contributed by atoms with Gasteiger partial charge in [-0.3, -0.25) is 9.36 Å². The van der Waals surface area contributed by atoms with Crippen LogP contribution in [0.4, 0.5) is 0 Å². The fraction of sp³-hybridized carbons (Fsp3) is 0.462. The summed E-state index contributed by atoms with van der Waals surface area (Å²) in [5, 5.41) is 0. The van der Waals surface area contributed by atoms with Gasteiger partial charge in [-0.1, -0.05) is 53.0 Å². The van der Waals surface area contributed by atoms with Gasteiger partial charge in [0.25, 0.3) is 0 Å². The molecule has 0 atom stereocenters. The molecule has 0 saturated heterocycles. The fourth-order valence-electron chi connectivity index (χ4n) is 1.62. The van der Waals surface area contributed by atoms with E-state index in [0.29, 0.717) is 0 Å². The van der Waals surface area contributed by atoms with Gasteiger partial charge in [-0.2, -0.15) is 0 Å². The maximum Gasteiger partial charge on any atom is 0.341 e. The summed E-state index contributed by atoms with van der Waals surface area (Å²) in [6.07, 6.45) is -0.525. The van der Waals surface area contributed by atoms with Gasteiger partial charge in [0, 0.05) is 5.56 Å². The molecule has 0 spiro atoms. The van der Waals surface area contributed by atoms with Crippen LogP contribution in [0.15, 0.2) is 24.3 Å². The molecule has 0 unspecified atom stereocenters. The van der Waals surface area contributed by atoms with Crippen LogP contribution in [0.3, 0.4) is 0 Å². The number of hydrogen-bond donors (Lipinski definition) is 0. The van der Waals surface area contributed by atoms with Crippen molar-refractivity contribution in [3.8, 4) is 5.75 Å². The third-order valence-electron chi connectivity index (χ3n) is 2.39. The molecule has 0 radical (unpaired) electrons. The molecule has 1 rings (SSSR count). The van der Waals surface area contributed by atoms with Crippen molar-refractivity contribution in [2.75, 3.05) is 19.4 Å². The predicted molar refractivity (Wildman–Crippen MR) is 87.0 cm³/mol. The summed E-state index contributed by atoms with van der Waals surface area (Å²) in [5.41, 5.74) is 0.205. The molecule has 0 heterocycles. The van der Waals surface area contributed by atoms with E-state index in [1.54, 1.807) is 26.0 Å². The molecule has 0 aliphatic carbocycles. The molecular formula is C13H16Cl3O5P. The van der Waals surface area contributed by atoms with Crippen molar-refractivity contribution in [3.05, 3.63) is 29.8 Å². The molecular weight excluding hydrogens is 373 g/mol. The molecule has 22 heavy (non-hydrogen) atoms. The number of halogens is 3. The lowest BCUT2D eigenvalue weighted by Crippen LogP contribution is -2.17. The SMILES string of the molecule is CCOP(=O)(CC(=O)Oc1ccccc1C(Cl)(Cl)Cl)OCC. The zero-order chi connectivity index (χ0) is 16.8. The Balaban J connectivity index is 2.88. The molecule has 0 aliphatic heterocycles. The van der Waals surface area contributed by atoms with Crippen LogP contribution in [0, 0.1) is 0 Å². The summed E-state index contributed by atoms with van der Waals surface area (Å²) in [4.78, 5) is 12.0. The summed E-state index contributed by atoms with van der Waals surface area (Å²) in [5.74, 6) is -0.723. The minimum absolute atomic E-state index is 0.0760. The number of ether oxygens (including phenoxy) is 1. The van der Waals surface area contributed by atoms with E-state index in [9.17, 15) is 9.36 Å². The highest BCUT2D eigenvalue weighted by Gasteiger charge is 2.31. The van der Waals surface area contributed by atoms with Crippen molar-refractivity contribution < 1.29 is 23.1 Å². The maximum atomic E-state index is 12.3. The van der Waals surface area contributed by atoms with Gasteiger partial charge in [0.15, 0.2) is 0 Å². The molecule has 0 saturated carbocycles. The fourth-order valence-corrected chi connectivity index (χ4v) is 3.52. The maximum absolute atomic E-state index is 12.3. The molecule has 0 fully saturated rings. The van der Waals surface area contributed by atoms with Crippen LogP contribution in [-0.2, 0) is 22.2 Å². The molecule has 1 aromatic carbocycles. The summed E-state index contributed by atoms with van der Waals surface area (Å²) < 4.78 is 25.7. The Hall–Kier alpha value is -0.290. The van der Waals surface area contributed by atoms with Crippen molar-refractivity contribution in [2.24, 2.45) is 0 Å². The Morgan fingerprint density at radius 1 is 1.14 bits per heavy atom. The third-order valence-corrected chi connectivity index (χ3v) is 4.95. The van der Waals surface area contributed by atoms with Crippen LogP contribution < -0.4 is 4.74 Å². The molecule has 0 N–H and O–H groups in total. The lowest BCUT2D eigenvalue weighted by Gasteiger charge is -2.18. The van der Waals surface area contributed by atoms with Gasteiger partial charge in [-0.25, -0.2) is 0 Å². The van der Waals surface area contributed by atoms with Crippen molar-refractivity contribution >= 4 is 48.4 Å². The number of carbonyl (C=O) groups is 1. The normalized spacial score (nSPS) is 12.2. The van der Waals surface area contributed by atoms with Crippen LogP contribution >= 0.6 is 42.4 Å². The number of hydrogen-bond acceptors (Lipinski definition) is 5. The molecule has 0 bridgehead atoms. The predicted octanol–water partition coefficient (Wildman–Crippen LogP) is 4.68. The highest BCUT2D eigenvalue weighted by molar-refractivity contribution is 7.54. The Morgan fingerprint density at radius 3 is 2.18 bits per heavy atom.